The van der Waals surface area contributed by atoms with Crippen LogP contribution in [0.15, 0.2) is 18.2 Å². The van der Waals surface area contributed by atoms with Gasteiger partial charge in [-0.1, -0.05) is 19.1 Å². The van der Waals surface area contributed by atoms with Crippen LogP contribution in [-0.4, -0.2) is 11.0 Å². The average molecular weight is 302 g/mol. The number of rotatable bonds is 3. The molecule has 1 aliphatic carbocycles. The molecule has 6 heteroatoms. The predicted molar refractivity (Wildman–Crippen MR) is 77.8 cm³/mol. The summed E-state index contributed by atoms with van der Waals surface area (Å²) in [5.74, 6) is 0.634. The van der Waals surface area contributed by atoms with Crippen molar-refractivity contribution in [3.63, 3.8) is 0 Å². The SMILES string of the molecule is CC1CCC(Nc2ccc(C(F)(F)F)cc2C(N)=S)C1. The number of hydrogen-bond acceptors (Lipinski definition) is 2. The van der Waals surface area contributed by atoms with E-state index < -0.39 is 11.7 Å². The molecule has 0 saturated heterocycles. The fourth-order valence-electron chi connectivity index (χ4n) is 2.61. The fraction of sp³-hybridized carbons (Fsp3) is 0.500. The molecule has 0 heterocycles. The van der Waals surface area contributed by atoms with Gasteiger partial charge in [-0.05, 0) is 43.4 Å². The lowest BCUT2D eigenvalue weighted by Gasteiger charge is -2.18. The Bertz CT molecular complexity index is 514. The van der Waals surface area contributed by atoms with Gasteiger partial charge in [0, 0.05) is 17.3 Å². The molecule has 2 rings (SSSR count). The van der Waals surface area contributed by atoms with Crippen LogP contribution >= 0.6 is 12.2 Å². The zero-order valence-electron chi connectivity index (χ0n) is 11.1. The molecule has 0 aliphatic heterocycles. The van der Waals surface area contributed by atoms with Crippen molar-refractivity contribution in [2.75, 3.05) is 5.32 Å². The van der Waals surface area contributed by atoms with Crippen LogP contribution in [0.25, 0.3) is 0 Å². The third-order valence-corrected chi connectivity index (χ3v) is 3.89. The van der Waals surface area contributed by atoms with Crippen LogP contribution in [0.2, 0.25) is 0 Å². The zero-order valence-corrected chi connectivity index (χ0v) is 11.9. The Morgan fingerprint density at radius 3 is 2.55 bits per heavy atom. The zero-order chi connectivity index (χ0) is 14.9. The molecule has 2 unspecified atom stereocenters. The summed E-state index contributed by atoms with van der Waals surface area (Å²) in [6.45, 7) is 2.17. The van der Waals surface area contributed by atoms with Gasteiger partial charge < -0.3 is 11.1 Å². The highest BCUT2D eigenvalue weighted by molar-refractivity contribution is 7.80. The molecule has 1 aliphatic rings. The number of benzene rings is 1. The molecule has 0 bridgehead atoms. The van der Waals surface area contributed by atoms with Gasteiger partial charge in [0.1, 0.15) is 4.99 Å². The van der Waals surface area contributed by atoms with Crippen molar-refractivity contribution in [1.29, 1.82) is 0 Å². The fourth-order valence-corrected chi connectivity index (χ4v) is 2.78. The Kier molecular flexibility index (Phi) is 4.22. The Morgan fingerprint density at radius 1 is 1.35 bits per heavy atom. The first-order valence-electron chi connectivity index (χ1n) is 6.55. The Morgan fingerprint density at radius 2 is 2.05 bits per heavy atom. The van der Waals surface area contributed by atoms with E-state index in [-0.39, 0.29) is 16.6 Å². The number of hydrogen-bond donors (Lipinski definition) is 2. The minimum atomic E-state index is -4.39. The van der Waals surface area contributed by atoms with E-state index in [1.807, 2.05) is 0 Å². The lowest BCUT2D eigenvalue weighted by molar-refractivity contribution is -0.137. The van der Waals surface area contributed by atoms with Gasteiger partial charge in [-0.2, -0.15) is 13.2 Å². The highest BCUT2D eigenvalue weighted by atomic mass is 32.1. The summed E-state index contributed by atoms with van der Waals surface area (Å²) in [6.07, 6.45) is -1.24. The van der Waals surface area contributed by atoms with E-state index in [0.29, 0.717) is 11.6 Å². The van der Waals surface area contributed by atoms with Gasteiger partial charge in [0.05, 0.1) is 5.56 Å². The third-order valence-electron chi connectivity index (χ3n) is 3.67. The highest BCUT2D eigenvalue weighted by Gasteiger charge is 2.31. The molecule has 2 nitrogen and oxygen atoms in total. The van der Waals surface area contributed by atoms with Crippen LogP contribution in [0.4, 0.5) is 18.9 Å². The molecule has 20 heavy (non-hydrogen) atoms. The van der Waals surface area contributed by atoms with Crippen molar-refractivity contribution in [2.24, 2.45) is 11.7 Å². The first-order valence-corrected chi connectivity index (χ1v) is 6.96. The molecule has 0 amide bonds. The van der Waals surface area contributed by atoms with E-state index in [0.717, 1.165) is 31.4 Å². The maximum atomic E-state index is 12.7. The van der Waals surface area contributed by atoms with E-state index in [1.54, 1.807) is 0 Å². The summed E-state index contributed by atoms with van der Waals surface area (Å²) in [5.41, 5.74) is 5.67. The molecule has 1 fully saturated rings. The number of alkyl halides is 3. The largest absolute Gasteiger partial charge is 0.416 e. The maximum Gasteiger partial charge on any atom is 0.416 e. The minimum Gasteiger partial charge on any atom is -0.389 e. The standard InChI is InChI=1S/C14H17F3N2S/c1-8-2-4-10(6-8)19-12-5-3-9(14(15,16)17)7-11(12)13(18)20/h3,5,7-8,10,19H,2,4,6H2,1H3,(H2,18,20). The molecule has 0 radical (unpaired) electrons. The first kappa shape index (κ1) is 15.1. The van der Waals surface area contributed by atoms with Crippen LogP contribution in [0.1, 0.15) is 37.3 Å². The summed E-state index contributed by atoms with van der Waals surface area (Å²) < 4.78 is 38.1. The van der Waals surface area contributed by atoms with Gasteiger partial charge in [-0.15, -0.1) is 0 Å². The molecule has 110 valence electrons. The van der Waals surface area contributed by atoms with Gasteiger partial charge >= 0.3 is 6.18 Å². The maximum absolute atomic E-state index is 12.7. The van der Waals surface area contributed by atoms with Gasteiger partial charge in [0.2, 0.25) is 0 Å². The first-order chi connectivity index (χ1) is 9.27. The van der Waals surface area contributed by atoms with Gasteiger partial charge in [-0.25, -0.2) is 0 Å². The molecule has 2 atom stereocenters. The summed E-state index contributed by atoms with van der Waals surface area (Å²) in [4.78, 5) is -0.0235. The van der Waals surface area contributed by atoms with Crippen molar-refractivity contribution in [3.05, 3.63) is 29.3 Å². The summed E-state index contributed by atoms with van der Waals surface area (Å²) in [7, 11) is 0. The smallest absolute Gasteiger partial charge is 0.389 e. The van der Waals surface area contributed by atoms with Crippen molar-refractivity contribution in [1.82, 2.24) is 0 Å². The second kappa shape index (κ2) is 5.60. The monoisotopic (exact) mass is 302 g/mol. The molecule has 0 spiro atoms. The summed E-state index contributed by atoms with van der Waals surface area (Å²) in [6, 6.07) is 3.76. The van der Waals surface area contributed by atoms with Gasteiger partial charge in [-0.3, -0.25) is 0 Å². The molecular weight excluding hydrogens is 285 g/mol. The lowest BCUT2D eigenvalue weighted by atomic mass is 10.1. The molecular formula is C14H17F3N2S. The van der Waals surface area contributed by atoms with E-state index in [9.17, 15) is 13.2 Å². The van der Waals surface area contributed by atoms with Crippen LogP contribution < -0.4 is 11.1 Å². The third kappa shape index (κ3) is 3.42. The van der Waals surface area contributed by atoms with Crippen LogP contribution in [0.5, 0.6) is 0 Å². The van der Waals surface area contributed by atoms with Crippen LogP contribution in [0, 0.1) is 5.92 Å². The number of anilines is 1. The van der Waals surface area contributed by atoms with Crippen LogP contribution in [-0.2, 0) is 6.18 Å². The molecule has 1 aromatic carbocycles. The number of thiocarbonyl (C=S) groups is 1. The van der Waals surface area contributed by atoms with Gasteiger partial charge in [0.25, 0.3) is 0 Å². The van der Waals surface area contributed by atoms with Crippen LogP contribution in [0.3, 0.4) is 0 Å². The Hall–Kier alpha value is -1.30. The number of halogens is 3. The van der Waals surface area contributed by atoms with E-state index in [1.165, 1.54) is 6.07 Å². The minimum absolute atomic E-state index is 0.0235. The second-order valence-corrected chi connectivity index (χ2v) is 5.82. The van der Waals surface area contributed by atoms with E-state index in [4.69, 9.17) is 18.0 Å². The van der Waals surface area contributed by atoms with Crippen molar-refractivity contribution < 1.29 is 13.2 Å². The summed E-state index contributed by atoms with van der Waals surface area (Å²) in [5, 5.41) is 3.27. The molecule has 1 saturated carbocycles. The molecule has 3 N–H and O–H groups in total. The van der Waals surface area contributed by atoms with Gasteiger partial charge in [0.15, 0.2) is 0 Å². The average Bonchev–Trinajstić information content (AvgIpc) is 2.73. The topological polar surface area (TPSA) is 38.0 Å². The van der Waals surface area contributed by atoms with Crippen molar-refractivity contribution in [3.8, 4) is 0 Å². The Labute approximate surface area is 121 Å². The highest BCUT2D eigenvalue weighted by Crippen LogP contribution is 2.33. The quantitative estimate of drug-likeness (QED) is 0.831. The second-order valence-electron chi connectivity index (χ2n) is 5.38. The van der Waals surface area contributed by atoms with E-state index >= 15 is 0 Å². The molecule has 0 aromatic heterocycles. The van der Waals surface area contributed by atoms with Crippen molar-refractivity contribution in [2.45, 2.75) is 38.4 Å². The number of nitrogens with one attached hydrogen (secondary N) is 1. The molecule has 1 aromatic rings. The Balaban J connectivity index is 2.26. The summed E-state index contributed by atoms with van der Waals surface area (Å²) >= 11 is 4.87. The van der Waals surface area contributed by atoms with E-state index in [2.05, 4.69) is 12.2 Å². The lowest BCUT2D eigenvalue weighted by Crippen LogP contribution is -2.20. The predicted octanol–water partition coefficient (Wildman–Crippen LogP) is 3.94. The normalized spacial score (nSPS) is 22.8. The van der Waals surface area contributed by atoms with Crippen molar-refractivity contribution >= 4 is 22.9 Å². The number of nitrogens with two attached hydrogens (primary N) is 1.